The highest BCUT2D eigenvalue weighted by Crippen LogP contribution is 2.39. The normalized spacial score (nSPS) is 24.3. The van der Waals surface area contributed by atoms with Crippen molar-refractivity contribution in [3.8, 4) is 0 Å². The van der Waals surface area contributed by atoms with Crippen molar-refractivity contribution in [3.63, 3.8) is 0 Å². The van der Waals surface area contributed by atoms with Gasteiger partial charge in [-0.1, -0.05) is 36.4 Å². The number of aromatic carboxylic acids is 1. The highest BCUT2D eigenvalue weighted by molar-refractivity contribution is 5.87. The second kappa shape index (κ2) is 6.52. The minimum Gasteiger partial charge on any atom is -0.478 e. The van der Waals surface area contributed by atoms with E-state index in [4.69, 9.17) is 15.6 Å². The van der Waals surface area contributed by atoms with E-state index in [1.54, 1.807) is 12.1 Å². The molecule has 3 atom stereocenters. The molecule has 1 fully saturated rings. The minimum absolute atomic E-state index is 0.0245. The highest BCUT2D eigenvalue weighted by Gasteiger charge is 2.30. The zero-order valence-electron chi connectivity index (χ0n) is 13.1. The summed E-state index contributed by atoms with van der Waals surface area (Å²) in [6.07, 6.45) is 1.42. The summed E-state index contributed by atoms with van der Waals surface area (Å²) in [5, 5.41) is 9.09. The van der Waals surface area contributed by atoms with Crippen LogP contribution in [-0.2, 0) is 4.74 Å². The van der Waals surface area contributed by atoms with E-state index in [9.17, 15) is 4.79 Å². The summed E-state index contributed by atoms with van der Waals surface area (Å²) < 4.78 is 6.28. The van der Waals surface area contributed by atoms with E-state index in [1.165, 1.54) is 0 Å². The van der Waals surface area contributed by atoms with Gasteiger partial charge in [0.2, 0.25) is 0 Å². The molecule has 23 heavy (non-hydrogen) atoms. The zero-order chi connectivity index (χ0) is 16.4. The van der Waals surface area contributed by atoms with Crippen molar-refractivity contribution in [1.82, 2.24) is 0 Å². The van der Waals surface area contributed by atoms with Crippen LogP contribution in [-0.4, -0.2) is 17.1 Å². The van der Waals surface area contributed by atoms with Gasteiger partial charge in [0.15, 0.2) is 0 Å². The Kier molecular flexibility index (Phi) is 4.46. The molecule has 2 aromatic rings. The monoisotopic (exact) mass is 311 g/mol. The molecule has 0 aliphatic carbocycles. The van der Waals surface area contributed by atoms with Crippen LogP contribution in [0.5, 0.6) is 0 Å². The van der Waals surface area contributed by atoms with Gasteiger partial charge in [-0.15, -0.1) is 0 Å². The maximum atomic E-state index is 11.1. The van der Waals surface area contributed by atoms with Gasteiger partial charge in [-0.2, -0.15) is 0 Å². The minimum atomic E-state index is -0.914. The Morgan fingerprint density at radius 2 is 1.83 bits per heavy atom. The van der Waals surface area contributed by atoms with Gasteiger partial charge >= 0.3 is 5.97 Å². The molecule has 0 amide bonds. The summed E-state index contributed by atoms with van der Waals surface area (Å²) in [5.41, 5.74) is 9.62. The number of aryl methyl sites for hydroxylation is 1. The van der Waals surface area contributed by atoms with Gasteiger partial charge in [0, 0.05) is 6.04 Å². The Bertz CT molecular complexity index is 699. The predicted molar refractivity (Wildman–Crippen MR) is 88.4 cm³/mol. The van der Waals surface area contributed by atoms with Crippen LogP contribution in [0.1, 0.15) is 52.1 Å². The van der Waals surface area contributed by atoms with Gasteiger partial charge in [-0.05, 0) is 48.6 Å². The number of hydrogen-bond donors (Lipinski definition) is 2. The third-order valence-electron chi connectivity index (χ3n) is 4.40. The Labute approximate surface area is 135 Å². The molecular weight excluding hydrogens is 290 g/mol. The number of ether oxygens (including phenoxy) is 1. The summed E-state index contributed by atoms with van der Waals surface area (Å²) >= 11 is 0. The molecule has 0 aromatic heterocycles. The maximum Gasteiger partial charge on any atom is 0.335 e. The summed E-state index contributed by atoms with van der Waals surface area (Å²) in [4.78, 5) is 11.1. The van der Waals surface area contributed by atoms with Crippen molar-refractivity contribution in [2.75, 3.05) is 0 Å². The molecule has 0 radical (unpaired) electrons. The van der Waals surface area contributed by atoms with E-state index in [2.05, 4.69) is 12.1 Å². The molecule has 4 heteroatoms. The van der Waals surface area contributed by atoms with E-state index in [1.807, 2.05) is 31.2 Å². The molecule has 1 aliphatic rings. The summed E-state index contributed by atoms with van der Waals surface area (Å²) in [5.74, 6) is -0.914. The molecule has 3 N–H and O–H groups in total. The van der Waals surface area contributed by atoms with Crippen molar-refractivity contribution in [3.05, 3.63) is 70.8 Å². The Hall–Kier alpha value is -2.17. The second-order valence-corrected chi connectivity index (χ2v) is 6.13. The number of hydrogen-bond acceptors (Lipinski definition) is 3. The summed E-state index contributed by atoms with van der Waals surface area (Å²) in [6.45, 7) is 1.92. The highest BCUT2D eigenvalue weighted by atomic mass is 16.5. The van der Waals surface area contributed by atoms with Gasteiger partial charge < -0.3 is 15.6 Å². The molecule has 120 valence electrons. The average Bonchev–Trinajstić information content (AvgIpc) is 2.55. The quantitative estimate of drug-likeness (QED) is 0.908. The number of rotatable bonds is 3. The van der Waals surface area contributed by atoms with Crippen LogP contribution in [0.4, 0.5) is 0 Å². The van der Waals surface area contributed by atoms with Crippen molar-refractivity contribution in [1.29, 1.82) is 0 Å². The molecule has 1 heterocycles. The first-order valence-corrected chi connectivity index (χ1v) is 7.84. The predicted octanol–water partition coefficient (Wildman–Crippen LogP) is 3.61. The number of carbonyl (C=O) groups is 1. The van der Waals surface area contributed by atoms with Gasteiger partial charge in [0.1, 0.15) is 0 Å². The SMILES string of the molecule is Cc1cc(C(=O)O)ccc1[C@H]1CC(N)C[C@@H](c2ccccc2)O1. The molecular formula is C19H21NO3. The van der Waals surface area contributed by atoms with Crippen LogP contribution in [0.3, 0.4) is 0 Å². The zero-order valence-corrected chi connectivity index (χ0v) is 13.1. The third kappa shape index (κ3) is 3.44. The number of nitrogens with two attached hydrogens (primary N) is 1. The lowest BCUT2D eigenvalue weighted by Gasteiger charge is -2.35. The lowest BCUT2D eigenvalue weighted by molar-refractivity contribution is -0.0608. The Balaban J connectivity index is 1.86. The van der Waals surface area contributed by atoms with Crippen LogP contribution in [0.2, 0.25) is 0 Å². The smallest absolute Gasteiger partial charge is 0.335 e. The lowest BCUT2D eigenvalue weighted by Crippen LogP contribution is -2.33. The van der Waals surface area contributed by atoms with E-state index in [0.29, 0.717) is 5.56 Å². The summed E-state index contributed by atoms with van der Waals surface area (Å²) in [6, 6.07) is 15.3. The molecule has 1 aliphatic heterocycles. The third-order valence-corrected chi connectivity index (χ3v) is 4.40. The molecule has 0 bridgehead atoms. The molecule has 1 saturated heterocycles. The van der Waals surface area contributed by atoms with Crippen molar-refractivity contribution in [2.45, 2.75) is 38.0 Å². The van der Waals surface area contributed by atoms with Crippen LogP contribution in [0.15, 0.2) is 48.5 Å². The fourth-order valence-electron chi connectivity index (χ4n) is 3.21. The lowest BCUT2D eigenvalue weighted by atomic mass is 9.90. The van der Waals surface area contributed by atoms with Crippen molar-refractivity contribution in [2.24, 2.45) is 5.73 Å². The fraction of sp³-hybridized carbons (Fsp3) is 0.316. The Morgan fingerprint density at radius 3 is 2.48 bits per heavy atom. The Morgan fingerprint density at radius 1 is 1.13 bits per heavy atom. The first kappa shape index (κ1) is 15.7. The summed E-state index contributed by atoms with van der Waals surface area (Å²) in [7, 11) is 0. The first-order chi connectivity index (χ1) is 11.0. The topological polar surface area (TPSA) is 72.5 Å². The molecule has 4 nitrogen and oxygen atoms in total. The number of carboxylic acids is 1. The van der Waals surface area contributed by atoms with Crippen LogP contribution < -0.4 is 5.73 Å². The van der Waals surface area contributed by atoms with Gasteiger partial charge in [-0.25, -0.2) is 4.79 Å². The first-order valence-electron chi connectivity index (χ1n) is 7.84. The van der Waals surface area contributed by atoms with E-state index in [-0.39, 0.29) is 18.2 Å². The number of benzene rings is 2. The molecule has 1 unspecified atom stereocenters. The van der Waals surface area contributed by atoms with E-state index in [0.717, 1.165) is 29.5 Å². The van der Waals surface area contributed by atoms with Gasteiger partial charge in [-0.3, -0.25) is 0 Å². The molecule has 0 saturated carbocycles. The van der Waals surface area contributed by atoms with Crippen molar-refractivity contribution >= 4 is 5.97 Å². The van der Waals surface area contributed by atoms with Gasteiger partial charge in [0.05, 0.1) is 17.8 Å². The molecule has 0 spiro atoms. The maximum absolute atomic E-state index is 11.1. The van der Waals surface area contributed by atoms with E-state index >= 15 is 0 Å². The average molecular weight is 311 g/mol. The fourth-order valence-corrected chi connectivity index (χ4v) is 3.21. The van der Waals surface area contributed by atoms with Crippen molar-refractivity contribution < 1.29 is 14.6 Å². The number of carboxylic acid groups (broad SMARTS) is 1. The molecule has 2 aromatic carbocycles. The molecule has 3 rings (SSSR count). The van der Waals surface area contributed by atoms with Crippen LogP contribution in [0.25, 0.3) is 0 Å². The largest absolute Gasteiger partial charge is 0.478 e. The standard InChI is InChI=1S/C19H21NO3/c1-12-9-14(19(21)22)7-8-16(12)18-11-15(20)10-17(23-18)13-5-3-2-4-6-13/h2-9,15,17-18H,10-11,20H2,1H3,(H,21,22)/t15?,17-,18+/m0/s1. The van der Waals surface area contributed by atoms with Crippen LogP contribution >= 0.6 is 0 Å². The van der Waals surface area contributed by atoms with E-state index < -0.39 is 5.97 Å². The van der Waals surface area contributed by atoms with Gasteiger partial charge in [0.25, 0.3) is 0 Å². The second-order valence-electron chi connectivity index (χ2n) is 6.13. The van der Waals surface area contributed by atoms with Crippen LogP contribution in [0, 0.1) is 6.92 Å².